The van der Waals surface area contributed by atoms with Crippen molar-refractivity contribution in [2.45, 2.75) is 6.42 Å². The maximum Gasteiger partial charge on any atom is 0.118 e. The Morgan fingerprint density at radius 3 is 1.91 bits per heavy atom. The van der Waals surface area contributed by atoms with E-state index in [1.807, 2.05) is 18.2 Å². The highest BCUT2D eigenvalue weighted by Crippen LogP contribution is 2.25. The minimum absolute atomic E-state index is 0.879. The topological polar surface area (TPSA) is 9.23 Å². The van der Waals surface area contributed by atoms with E-state index < -0.39 is 0 Å². The second-order valence-corrected chi connectivity index (χ2v) is 5.40. The molecule has 0 saturated carbocycles. The molecule has 0 atom stereocenters. The van der Waals surface area contributed by atoms with Crippen LogP contribution in [0, 0.1) is 0 Å². The van der Waals surface area contributed by atoms with E-state index in [1.54, 1.807) is 7.11 Å². The molecule has 0 radical (unpaired) electrons. The van der Waals surface area contributed by atoms with Gasteiger partial charge in [-0.1, -0.05) is 78.9 Å². The van der Waals surface area contributed by atoms with Crippen LogP contribution in [-0.4, -0.2) is 7.11 Å². The van der Waals surface area contributed by atoms with E-state index >= 15 is 0 Å². The van der Waals surface area contributed by atoms with Crippen molar-refractivity contribution in [3.8, 4) is 5.75 Å². The lowest BCUT2D eigenvalue weighted by Gasteiger charge is -2.10. The zero-order valence-electron chi connectivity index (χ0n) is 13.3. The molecule has 0 amide bonds. The van der Waals surface area contributed by atoms with E-state index in [0.29, 0.717) is 0 Å². The zero-order valence-corrected chi connectivity index (χ0v) is 13.3. The molecule has 0 saturated heterocycles. The first-order valence-electron chi connectivity index (χ1n) is 7.81. The number of rotatable bonds is 5. The summed E-state index contributed by atoms with van der Waals surface area (Å²) in [6.07, 6.45) is 3.21. The fourth-order valence-corrected chi connectivity index (χ4v) is 2.62. The van der Waals surface area contributed by atoms with Crippen LogP contribution in [0.5, 0.6) is 5.75 Å². The number of benzene rings is 3. The van der Waals surface area contributed by atoms with Crippen molar-refractivity contribution in [3.63, 3.8) is 0 Å². The van der Waals surface area contributed by atoms with Crippen LogP contribution in [0.3, 0.4) is 0 Å². The molecule has 0 heterocycles. The van der Waals surface area contributed by atoms with Gasteiger partial charge < -0.3 is 4.74 Å². The maximum absolute atomic E-state index is 5.26. The normalized spacial score (nSPS) is 11.3. The summed E-state index contributed by atoms with van der Waals surface area (Å²) >= 11 is 0. The first-order valence-corrected chi connectivity index (χ1v) is 7.81. The van der Waals surface area contributed by atoms with Gasteiger partial charge in [0.05, 0.1) is 7.11 Å². The Kier molecular flexibility index (Phi) is 4.90. The SMILES string of the molecule is COc1ccc(/C(=C/Cc2ccccc2)c2ccccc2)cc1. The van der Waals surface area contributed by atoms with E-state index in [2.05, 4.69) is 72.8 Å². The number of methoxy groups -OCH3 is 1. The van der Waals surface area contributed by atoms with Crippen molar-refractivity contribution < 1.29 is 4.74 Å². The smallest absolute Gasteiger partial charge is 0.118 e. The van der Waals surface area contributed by atoms with Gasteiger partial charge in [0.15, 0.2) is 0 Å². The summed E-state index contributed by atoms with van der Waals surface area (Å²) < 4.78 is 5.26. The Bertz CT molecular complexity index is 756. The number of allylic oxidation sites excluding steroid dienone is 1. The first-order chi connectivity index (χ1) is 11.4. The van der Waals surface area contributed by atoms with Crippen molar-refractivity contribution >= 4 is 5.57 Å². The standard InChI is InChI=1S/C22H20O/c1-23-21-15-13-20(14-16-21)22(19-10-6-3-7-11-19)17-12-18-8-4-2-5-9-18/h2-11,13-17H,12H2,1H3/b22-17+. The molecular formula is C22H20O. The number of hydrogen-bond acceptors (Lipinski definition) is 1. The Hall–Kier alpha value is -2.80. The molecular weight excluding hydrogens is 280 g/mol. The highest BCUT2D eigenvalue weighted by molar-refractivity contribution is 5.80. The van der Waals surface area contributed by atoms with E-state index in [1.165, 1.54) is 22.3 Å². The van der Waals surface area contributed by atoms with Gasteiger partial charge in [0.25, 0.3) is 0 Å². The third kappa shape index (κ3) is 3.89. The third-order valence-corrected chi connectivity index (χ3v) is 3.87. The molecule has 0 N–H and O–H groups in total. The molecule has 23 heavy (non-hydrogen) atoms. The Morgan fingerprint density at radius 1 is 0.739 bits per heavy atom. The van der Waals surface area contributed by atoms with Gasteiger partial charge in [-0.3, -0.25) is 0 Å². The lowest BCUT2D eigenvalue weighted by molar-refractivity contribution is 0.415. The van der Waals surface area contributed by atoms with Gasteiger partial charge in [-0.2, -0.15) is 0 Å². The molecule has 114 valence electrons. The van der Waals surface area contributed by atoms with Crippen LogP contribution in [0.4, 0.5) is 0 Å². The molecule has 1 heteroatoms. The van der Waals surface area contributed by atoms with E-state index in [-0.39, 0.29) is 0 Å². The molecule has 0 aromatic heterocycles. The molecule has 0 bridgehead atoms. The monoisotopic (exact) mass is 300 g/mol. The van der Waals surface area contributed by atoms with Crippen LogP contribution in [0.15, 0.2) is 91.0 Å². The van der Waals surface area contributed by atoms with Gasteiger partial charge in [-0.25, -0.2) is 0 Å². The van der Waals surface area contributed by atoms with Gasteiger partial charge in [-0.05, 0) is 40.8 Å². The molecule has 0 aliphatic carbocycles. The summed E-state index contributed by atoms with van der Waals surface area (Å²) in [5.74, 6) is 0.879. The second-order valence-electron chi connectivity index (χ2n) is 5.40. The van der Waals surface area contributed by atoms with Gasteiger partial charge in [0, 0.05) is 0 Å². The lowest BCUT2D eigenvalue weighted by atomic mass is 9.96. The number of ether oxygens (including phenoxy) is 1. The predicted molar refractivity (Wildman–Crippen MR) is 96.7 cm³/mol. The largest absolute Gasteiger partial charge is 0.497 e. The highest BCUT2D eigenvalue weighted by atomic mass is 16.5. The van der Waals surface area contributed by atoms with Crippen molar-refractivity contribution in [3.05, 3.63) is 108 Å². The number of hydrogen-bond donors (Lipinski definition) is 0. The molecule has 3 aromatic rings. The molecule has 0 spiro atoms. The average Bonchev–Trinajstić information content (AvgIpc) is 2.64. The van der Waals surface area contributed by atoms with Gasteiger partial charge >= 0.3 is 0 Å². The lowest BCUT2D eigenvalue weighted by Crippen LogP contribution is -1.91. The van der Waals surface area contributed by atoms with Crippen molar-refractivity contribution in [2.75, 3.05) is 7.11 Å². The molecule has 0 fully saturated rings. The Morgan fingerprint density at radius 2 is 1.30 bits per heavy atom. The molecule has 1 nitrogen and oxygen atoms in total. The second kappa shape index (κ2) is 7.46. The fraction of sp³-hybridized carbons (Fsp3) is 0.0909. The highest BCUT2D eigenvalue weighted by Gasteiger charge is 2.05. The fourth-order valence-electron chi connectivity index (χ4n) is 2.62. The predicted octanol–water partition coefficient (Wildman–Crippen LogP) is 5.37. The summed E-state index contributed by atoms with van der Waals surface area (Å²) in [5.41, 5.74) is 4.99. The quantitative estimate of drug-likeness (QED) is 0.615. The minimum atomic E-state index is 0.879. The molecule has 3 aromatic carbocycles. The van der Waals surface area contributed by atoms with Crippen molar-refractivity contribution in [1.82, 2.24) is 0 Å². The molecule has 0 unspecified atom stereocenters. The van der Waals surface area contributed by atoms with Crippen LogP contribution in [0.2, 0.25) is 0 Å². The van der Waals surface area contributed by atoms with E-state index in [0.717, 1.165) is 12.2 Å². The maximum atomic E-state index is 5.26. The van der Waals surface area contributed by atoms with Crippen molar-refractivity contribution in [2.24, 2.45) is 0 Å². The van der Waals surface area contributed by atoms with Gasteiger partial charge in [0.2, 0.25) is 0 Å². The van der Waals surface area contributed by atoms with Crippen LogP contribution >= 0.6 is 0 Å². The summed E-state index contributed by atoms with van der Waals surface area (Å²) in [7, 11) is 1.69. The zero-order chi connectivity index (χ0) is 15.9. The van der Waals surface area contributed by atoms with Crippen LogP contribution in [0.1, 0.15) is 16.7 Å². The summed E-state index contributed by atoms with van der Waals surface area (Å²) in [6.45, 7) is 0. The summed E-state index contributed by atoms with van der Waals surface area (Å²) in [5, 5.41) is 0. The van der Waals surface area contributed by atoms with Gasteiger partial charge in [0.1, 0.15) is 5.75 Å². The third-order valence-electron chi connectivity index (χ3n) is 3.87. The molecule has 3 rings (SSSR count). The van der Waals surface area contributed by atoms with Crippen LogP contribution < -0.4 is 4.74 Å². The van der Waals surface area contributed by atoms with Crippen LogP contribution in [-0.2, 0) is 6.42 Å². The summed E-state index contributed by atoms with van der Waals surface area (Å²) in [6, 6.07) is 29.3. The molecule has 0 aliphatic heterocycles. The van der Waals surface area contributed by atoms with E-state index in [4.69, 9.17) is 4.74 Å². The van der Waals surface area contributed by atoms with Gasteiger partial charge in [-0.15, -0.1) is 0 Å². The van der Waals surface area contributed by atoms with E-state index in [9.17, 15) is 0 Å². The Labute approximate surface area is 137 Å². The average molecular weight is 300 g/mol. The summed E-state index contributed by atoms with van der Waals surface area (Å²) in [4.78, 5) is 0. The minimum Gasteiger partial charge on any atom is -0.497 e. The van der Waals surface area contributed by atoms with Crippen molar-refractivity contribution in [1.29, 1.82) is 0 Å². The molecule has 0 aliphatic rings. The first kappa shape index (κ1) is 15.1. The van der Waals surface area contributed by atoms with Crippen LogP contribution in [0.25, 0.3) is 5.57 Å². The Balaban J connectivity index is 1.96.